The average molecular weight is 322 g/mol. The van der Waals surface area contributed by atoms with Crippen molar-refractivity contribution in [3.05, 3.63) is 23.8 Å². The Bertz CT molecular complexity index is 510. The monoisotopic (exact) mass is 322 g/mol. The fourth-order valence-corrected chi connectivity index (χ4v) is 2.33. The van der Waals surface area contributed by atoms with Gasteiger partial charge in [-0.3, -0.25) is 9.59 Å². The molecule has 1 rings (SSSR count). The van der Waals surface area contributed by atoms with Crippen molar-refractivity contribution in [3.8, 4) is 11.5 Å². The summed E-state index contributed by atoms with van der Waals surface area (Å²) in [5, 5.41) is 9.82. The highest BCUT2D eigenvalue weighted by atomic mass is 16.5. The van der Waals surface area contributed by atoms with Crippen LogP contribution in [0.1, 0.15) is 62.2 Å². The summed E-state index contributed by atoms with van der Waals surface area (Å²) < 4.78 is 9.86. The third-order valence-corrected chi connectivity index (χ3v) is 3.60. The first-order chi connectivity index (χ1) is 11.1. The molecule has 0 atom stereocenters. The average Bonchev–Trinajstić information content (AvgIpc) is 2.53. The number of methoxy groups -OCH3 is 1. The summed E-state index contributed by atoms with van der Waals surface area (Å²) in [6.45, 7) is 2.23. The van der Waals surface area contributed by atoms with Crippen molar-refractivity contribution in [2.45, 2.75) is 51.9 Å². The van der Waals surface area contributed by atoms with Gasteiger partial charge in [0.25, 0.3) is 0 Å². The number of benzene rings is 1. The number of unbranched alkanes of at least 4 members (excludes halogenated alkanes) is 4. The maximum Gasteiger partial charge on any atom is 0.305 e. The molecular formula is C18H26O5. The maximum absolute atomic E-state index is 12.1. The Hall–Kier alpha value is -2.04. The molecule has 5 nitrogen and oxygen atoms in total. The van der Waals surface area contributed by atoms with Crippen LogP contribution in [0.15, 0.2) is 18.2 Å². The van der Waals surface area contributed by atoms with Crippen LogP contribution in [0.2, 0.25) is 0 Å². The molecular weight excluding hydrogens is 296 g/mol. The van der Waals surface area contributed by atoms with Crippen LogP contribution < -0.4 is 4.74 Å². The molecule has 0 aliphatic heterocycles. The van der Waals surface area contributed by atoms with Crippen molar-refractivity contribution >= 4 is 11.8 Å². The molecule has 1 aromatic rings. The Balaban J connectivity index is 2.18. The molecule has 0 aliphatic carbocycles. The van der Waals surface area contributed by atoms with Crippen molar-refractivity contribution in [2.24, 2.45) is 0 Å². The van der Waals surface area contributed by atoms with Crippen molar-refractivity contribution in [3.63, 3.8) is 0 Å². The lowest BCUT2D eigenvalue weighted by atomic mass is 10.0. The van der Waals surface area contributed by atoms with E-state index in [0.717, 1.165) is 32.1 Å². The van der Waals surface area contributed by atoms with Gasteiger partial charge < -0.3 is 14.6 Å². The van der Waals surface area contributed by atoms with Crippen LogP contribution in [0.25, 0.3) is 0 Å². The maximum atomic E-state index is 12.1. The zero-order valence-electron chi connectivity index (χ0n) is 14.0. The molecule has 0 saturated heterocycles. The summed E-state index contributed by atoms with van der Waals surface area (Å²) in [4.78, 5) is 23.2. The zero-order chi connectivity index (χ0) is 17.1. The van der Waals surface area contributed by atoms with E-state index in [0.29, 0.717) is 30.8 Å². The largest absolute Gasteiger partial charge is 0.507 e. The normalized spacial score (nSPS) is 10.3. The molecule has 0 unspecified atom stereocenters. The second-order valence-electron chi connectivity index (χ2n) is 5.38. The van der Waals surface area contributed by atoms with Gasteiger partial charge in [0.1, 0.15) is 11.5 Å². The van der Waals surface area contributed by atoms with Crippen LogP contribution in [0.4, 0.5) is 0 Å². The van der Waals surface area contributed by atoms with Crippen LogP contribution in [0, 0.1) is 0 Å². The fraction of sp³-hybridized carbons (Fsp3) is 0.556. The molecule has 1 aromatic carbocycles. The highest BCUT2D eigenvalue weighted by molar-refractivity contribution is 5.98. The number of rotatable bonds is 11. The van der Waals surface area contributed by atoms with E-state index < -0.39 is 0 Å². The molecule has 5 heteroatoms. The first-order valence-electron chi connectivity index (χ1n) is 8.14. The number of phenols is 1. The number of ketones is 1. The minimum Gasteiger partial charge on any atom is -0.507 e. The summed E-state index contributed by atoms with van der Waals surface area (Å²) in [5.41, 5.74) is 0.341. The number of ether oxygens (including phenoxy) is 2. The topological polar surface area (TPSA) is 72.8 Å². The highest BCUT2D eigenvalue weighted by Crippen LogP contribution is 2.25. The first kappa shape index (κ1) is 19.0. The lowest BCUT2D eigenvalue weighted by molar-refractivity contribution is -0.143. The Morgan fingerprint density at radius 3 is 2.30 bits per heavy atom. The van der Waals surface area contributed by atoms with Crippen LogP contribution in [-0.4, -0.2) is 30.6 Å². The van der Waals surface area contributed by atoms with Crippen LogP contribution in [-0.2, 0) is 9.53 Å². The summed E-state index contributed by atoms with van der Waals surface area (Å²) >= 11 is 0. The first-order valence-corrected chi connectivity index (χ1v) is 8.14. The van der Waals surface area contributed by atoms with Gasteiger partial charge in [0.05, 0.1) is 19.3 Å². The van der Waals surface area contributed by atoms with E-state index in [-0.39, 0.29) is 17.5 Å². The minimum atomic E-state index is -0.141. The Kier molecular flexibility index (Phi) is 8.80. The summed E-state index contributed by atoms with van der Waals surface area (Å²) in [6.07, 6.45) is 5.37. The molecule has 1 N–H and O–H groups in total. The number of carbonyl (C=O) groups is 2. The lowest BCUT2D eigenvalue weighted by Crippen LogP contribution is -2.03. The standard InChI is InChI=1S/C18H26O5/c1-3-23-18(21)10-8-6-4-5-7-9-16(19)15-12-11-14(22-2)13-17(15)20/h11-13,20H,3-10H2,1-2H3. The smallest absolute Gasteiger partial charge is 0.305 e. The molecule has 0 heterocycles. The quantitative estimate of drug-likeness (QED) is 0.380. The molecule has 23 heavy (non-hydrogen) atoms. The van der Waals surface area contributed by atoms with Crippen LogP contribution >= 0.6 is 0 Å². The number of Topliss-reactive ketones (excluding diaryl/α,β-unsaturated/α-hetero) is 1. The van der Waals surface area contributed by atoms with Gasteiger partial charge in [-0.05, 0) is 31.9 Å². The molecule has 0 aromatic heterocycles. The van der Waals surface area contributed by atoms with E-state index >= 15 is 0 Å². The predicted molar refractivity (Wildman–Crippen MR) is 87.9 cm³/mol. The summed E-state index contributed by atoms with van der Waals surface area (Å²) in [7, 11) is 1.51. The Labute approximate surface area is 137 Å². The molecule has 0 saturated carbocycles. The van der Waals surface area contributed by atoms with E-state index in [1.165, 1.54) is 13.2 Å². The van der Waals surface area contributed by atoms with Gasteiger partial charge in [0, 0.05) is 18.9 Å². The SMILES string of the molecule is CCOC(=O)CCCCCCCC(=O)c1ccc(OC)cc1O. The molecule has 0 aliphatic rings. The van der Waals surface area contributed by atoms with E-state index in [1.807, 2.05) is 0 Å². The summed E-state index contributed by atoms with van der Waals surface area (Å²) in [5.74, 6) is 0.291. The lowest BCUT2D eigenvalue weighted by Gasteiger charge is -2.06. The van der Waals surface area contributed by atoms with Gasteiger partial charge >= 0.3 is 5.97 Å². The Morgan fingerprint density at radius 2 is 1.70 bits per heavy atom. The fourth-order valence-electron chi connectivity index (χ4n) is 2.33. The highest BCUT2D eigenvalue weighted by Gasteiger charge is 2.11. The third kappa shape index (κ3) is 7.17. The van der Waals surface area contributed by atoms with Crippen molar-refractivity contribution in [1.29, 1.82) is 0 Å². The van der Waals surface area contributed by atoms with Gasteiger partial charge in [0.2, 0.25) is 0 Å². The van der Waals surface area contributed by atoms with Gasteiger partial charge in [-0.2, -0.15) is 0 Å². The number of hydrogen-bond donors (Lipinski definition) is 1. The molecule has 0 radical (unpaired) electrons. The number of esters is 1. The van der Waals surface area contributed by atoms with Gasteiger partial charge in [-0.15, -0.1) is 0 Å². The third-order valence-electron chi connectivity index (χ3n) is 3.60. The number of carbonyl (C=O) groups excluding carboxylic acids is 2. The molecule has 0 amide bonds. The van der Waals surface area contributed by atoms with Crippen LogP contribution in [0.3, 0.4) is 0 Å². The zero-order valence-corrected chi connectivity index (χ0v) is 14.0. The van der Waals surface area contributed by atoms with E-state index in [4.69, 9.17) is 9.47 Å². The van der Waals surface area contributed by atoms with Gasteiger partial charge in [-0.25, -0.2) is 0 Å². The Morgan fingerprint density at radius 1 is 1.04 bits per heavy atom. The second-order valence-corrected chi connectivity index (χ2v) is 5.38. The summed E-state index contributed by atoms with van der Waals surface area (Å²) in [6, 6.07) is 4.71. The molecule has 0 bridgehead atoms. The van der Waals surface area contributed by atoms with E-state index in [1.54, 1.807) is 19.1 Å². The number of phenolic OH excluding ortho intramolecular Hbond substituents is 1. The van der Waals surface area contributed by atoms with E-state index in [9.17, 15) is 14.7 Å². The number of hydrogen-bond acceptors (Lipinski definition) is 5. The second kappa shape index (κ2) is 10.6. The molecule has 0 spiro atoms. The number of aromatic hydroxyl groups is 1. The van der Waals surface area contributed by atoms with Crippen LogP contribution in [0.5, 0.6) is 11.5 Å². The molecule has 0 fully saturated rings. The predicted octanol–water partition coefficient (Wildman–Crippen LogP) is 3.88. The van der Waals surface area contributed by atoms with Gasteiger partial charge in [-0.1, -0.05) is 19.3 Å². The van der Waals surface area contributed by atoms with Crippen molar-refractivity contribution in [1.82, 2.24) is 0 Å². The van der Waals surface area contributed by atoms with Crippen molar-refractivity contribution < 1.29 is 24.2 Å². The molecule has 128 valence electrons. The minimum absolute atomic E-state index is 0.0382. The van der Waals surface area contributed by atoms with Crippen molar-refractivity contribution in [2.75, 3.05) is 13.7 Å². The van der Waals surface area contributed by atoms with E-state index in [2.05, 4.69) is 0 Å². The van der Waals surface area contributed by atoms with Gasteiger partial charge in [0.15, 0.2) is 5.78 Å².